The van der Waals surface area contributed by atoms with Crippen molar-refractivity contribution in [2.24, 2.45) is 11.8 Å². The predicted octanol–water partition coefficient (Wildman–Crippen LogP) is 2.53. The molecule has 0 aliphatic heterocycles. The Morgan fingerprint density at radius 2 is 1.76 bits per heavy atom. The summed E-state index contributed by atoms with van der Waals surface area (Å²) >= 11 is 0. The van der Waals surface area contributed by atoms with Gasteiger partial charge >= 0.3 is 5.97 Å². The van der Waals surface area contributed by atoms with Crippen molar-refractivity contribution in [2.45, 2.75) is 39.0 Å². The van der Waals surface area contributed by atoms with Gasteiger partial charge in [-0.25, -0.2) is 4.79 Å². The van der Waals surface area contributed by atoms with Crippen molar-refractivity contribution in [1.82, 2.24) is 4.90 Å². The number of hydrogen-bond donors (Lipinski definition) is 1. The van der Waals surface area contributed by atoms with E-state index in [1.54, 1.807) is 0 Å². The van der Waals surface area contributed by atoms with Crippen LogP contribution in [0.3, 0.4) is 0 Å². The fraction of sp³-hybridized carbons (Fsp3) is 0.786. The number of carbonyl (C=O) groups is 1. The van der Waals surface area contributed by atoms with Gasteiger partial charge in [-0.3, -0.25) is 4.90 Å². The van der Waals surface area contributed by atoms with Crippen LogP contribution >= 0.6 is 0 Å². The lowest BCUT2D eigenvalue weighted by molar-refractivity contribution is -0.132. The molecule has 96 valence electrons. The van der Waals surface area contributed by atoms with E-state index >= 15 is 0 Å². The molecule has 0 amide bonds. The van der Waals surface area contributed by atoms with Crippen molar-refractivity contribution < 1.29 is 9.90 Å². The highest BCUT2D eigenvalue weighted by molar-refractivity contribution is 5.86. The van der Waals surface area contributed by atoms with Crippen molar-refractivity contribution in [3.63, 3.8) is 0 Å². The Bertz CT molecular complexity index is 289. The quantitative estimate of drug-likeness (QED) is 0.659. The summed E-state index contributed by atoms with van der Waals surface area (Å²) in [7, 11) is 0. The topological polar surface area (TPSA) is 40.5 Å². The van der Waals surface area contributed by atoms with Gasteiger partial charge in [-0.15, -0.1) is 0 Å². The van der Waals surface area contributed by atoms with E-state index in [0.717, 1.165) is 18.4 Å². The molecule has 0 radical (unpaired) electrons. The van der Waals surface area contributed by atoms with Crippen molar-refractivity contribution in [3.05, 3.63) is 11.6 Å². The largest absolute Gasteiger partial charge is 0.478 e. The summed E-state index contributed by atoms with van der Waals surface area (Å²) in [6.07, 6.45) is 7.99. The SMILES string of the molecule is CCC(=CCN(CC1CC1)CC1CC1)C(=O)O. The summed E-state index contributed by atoms with van der Waals surface area (Å²) in [6, 6.07) is 0. The van der Waals surface area contributed by atoms with Crippen molar-refractivity contribution in [3.8, 4) is 0 Å². The van der Waals surface area contributed by atoms with Crippen LogP contribution in [0.4, 0.5) is 0 Å². The van der Waals surface area contributed by atoms with E-state index in [9.17, 15) is 4.79 Å². The van der Waals surface area contributed by atoms with Crippen LogP contribution in [0, 0.1) is 11.8 Å². The standard InChI is InChI=1S/C14H23NO2/c1-2-13(14(16)17)7-8-15(9-11-3-4-11)10-12-5-6-12/h7,11-12H,2-6,8-10H2,1H3,(H,16,17). The monoisotopic (exact) mass is 237 g/mol. The molecule has 2 saturated carbocycles. The van der Waals surface area contributed by atoms with Gasteiger partial charge < -0.3 is 5.11 Å². The van der Waals surface area contributed by atoms with E-state index < -0.39 is 5.97 Å². The van der Waals surface area contributed by atoms with Crippen molar-refractivity contribution >= 4 is 5.97 Å². The third-order valence-electron chi connectivity index (χ3n) is 3.68. The van der Waals surface area contributed by atoms with Crippen LogP contribution in [0.5, 0.6) is 0 Å². The van der Waals surface area contributed by atoms with Gasteiger partial charge in [0.25, 0.3) is 0 Å². The predicted molar refractivity (Wildman–Crippen MR) is 67.9 cm³/mol. The molecule has 2 rings (SSSR count). The average molecular weight is 237 g/mol. The molecule has 0 spiro atoms. The zero-order valence-corrected chi connectivity index (χ0v) is 10.7. The maximum absolute atomic E-state index is 10.9. The van der Waals surface area contributed by atoms with E-state index in [1.807, 2.05) is 13.0 Å². The van der Waals surface area contributed by atoms with Crippen LogP contribution in [0.15, 0.2) is 11.6 Å². The zero-order valence-electron chi connectivity index (χ0n) is 10.7. The molecule has 0 aromatic heterocycles. The molecular weight excluding hydrogens is 214 g/mol. The second-order valence-corrected chi connectivity index (χ2v) is 5.49. The van der Waals surface area contributed by atoms with Gasteiger partial charge in [0.1, 0.15) is 0 Å². The van der Waals surface area contributed by atoms with E-state index in [2.05, 4.69) is 4.90 Å². The van der Waals surface area contributed by atoms with Crippen LogP contribution < -0.4 is 0 Å². The highest BCUT2D eigenvalue weighted by Crippen LogP contribution is 2.33. The van der Waals surface area contributed by atoms with Gasteiger partial charge in [-0.1, -0.05) is 13.0 Å². The number of aliphatic carboxylic acids is 1. The Balaban J connectivity index is 1.83. The molecule has 0 heterocycles. The van der Waals surface area contributed by atoms with Gasteiger partial charge in [0.05, 0.1) is 0 Å². The Kier molecular flexibility index (Phi) is 4.21. The van der Waals surface area contributed by atoms with Gasteiger partial charge in [0, 0.05) is 25.2 Å². The summed E-state index contributed by atoms with van der Waals surface area (Å²) in [6.45, 7) is 5.07. The average Bonchev–Trinajstić information content (AvgIpc) is 3.13. The lowest BCUT2D eigenvalue weighted by atomic mass is 10.2. The molecule has 0 atom stereocenters. The molecule has 2 aliphatic rings. The second kappa shape index (κ2) is 5.67. The third kappa shape index (κ3) is 4.50. The smallest absolute Gasteiger partial charge is 0.331 e. The van der Waals surface area contributed by atoms with Crippen LogP contribution in [0.1, 0.15) is 39.0 Å². The molecule has 17 heavy (non-hydrogen) atoms. The molecule has 3 nitrogen and oxygen atoms in total. The molecule has 1 N–H and O–H groups in total. The summed E-state index contributed by atoms with van der Waals surface area (Å²) in [4.78, 5) is 13.4. The van der Waals surface area contributed by atoms with Crippen molar-refractivity contribution in [2.75, 3.05) is 19.6 Å². The minimum atomic E-state index is -0.759. The minimum absolute atomic E-state index is 0.557. The van der Waals surface area contributed by atoms with Crippen molar-refractivity contribution in [1.29, 1.82) is 0 Å². The molecule has 3 heteroatoms. The van der Waals surface area contributed by atoms with Gasteiger partial charge in [-0.2, -0.15) is 0 Å². The first-order valence-corrected chi connectivity index (χ1v) is 6.83. The molecule has 0 aromatic rings. The molecule has 0 unspecified atom stereocenters. The van der Waals surface area contributed by atoms with Crippen LogP contribution in [0.2, 0.25) is 0 Å². The van der Waals surface area contributed by atoms with E-state index in [4.69, 9.17) is 5.11 Å². The molecule has 0 aromatic carbocycles. The van der Waals surface area contributed by atoms with E-state index in [0.29, 0.717) is 12.0 Å². The first-order chi connectivity index (χ1) is 8.19. The summed E-state index contributed by atoms with van der Waals surface area (Å²) in [5.41, 5.74) is 0.557. The second-order valence-electron chi connectivity index (χ2n) is 5.49. The fourth-order valence-corrected chi connectivity index (χ4v) is 2.18. The van der Waals surface area contributed by atoms with Crippen LogP contribution in [-0.2, 0) is 4.79 Å². The molecule has 2 fully saturated rings. The Labute approximate surface area is 103 Å². The number of carboxylic acids is 1. The molecule has 0 bridgehead atoms. The summed E-state index contributed by atoms with van der Waals surface area (Å²) in [5.74, 6) is 1.01. The normalized spacial score (nSPS) is 20.9. The number of nitrogens with zero attached hydrogens (tertiary/aromatic N) is 1. The third-order valence-corrected chi connectivity index (χ3v) is 3.68. The fourth-order valence-electron chi connectivity index (χ4n) is 2.18. The summed E-state index contributed by atoms with van der Waals surface area (Å²) < 4.78 is 0. The van der Waals surface area contributed by atoms with Crippen LogP contribution in [-0.4, -0.2) is 35.6 Å². The maximum Gasteiger partial charge on any atom is 0.331 e. The number of carboxylic acid groups (broad SMARTS) is 1. The Morgan fingerprint density at radius 3 is 2.12 bits per heavy atom. The first kappa shape index (κ1) is 12.6. The Morgan fingerprint density at radius 1 is 1.24 bits per heavy atom. The van der Waals surface area contributed by atoms with Crippen LogP contribution in [0.25, 0.3) is 0 Å². The van der Waals surface area contributed by atoms with Gasteiger partial charge in [0.15, 0.2) is 0 Å². The van der Waals surface area contributed by atoms with Gasteiger partial charge in [0.2, 0.25) is 0 Å². The van der Waals surface area contributed by atoms with E-state index in [-0.39, 0.29) is 0 Å². The van der Waals surface area contributed by atoms with E-state index in [1.165, 1.54) is 38.8 Å². The lowest BCUT2D eigenvalue weighted by Gasteiger charge is -2.20. The highest BCUT2D eigenvalue weighted by atomic mass is 16.4. The minimum Gasteiger partial charge on any atom is -0.478 e. The Hall–Kier alpha value is -0.830. The zero-order chi connectivity index (χ0) is 12.3. The summed E-state index contributed by atoms with van der Waals surface area (Å²) in [5, 5.41) is 8.99. The highest BCUT2D eigenvalue weighted by Gasteiger charge is 2.28. The molecule has 0 saturated heterocycles. The van der Waals surface area contributed by atoms with Gasteiger partial charge in [-0.05, 0) is 43.9 Å². The number of hydrogen-bond acceptors (Lipinski definition) is 2. The molecular formula is C14H23NO2. The first-order valence-electron chi connectivity index (χ1n) is 6.83. The lowest BCUT2D eigenvalue weighted by Crippen LogP contribution is -2.29. The number of rotatable bonds is 8. The maximum atomic E-state index is 10.9. The molecule has 2 aliphatic carbocycles.